The minimum Gasteiger partial charge on any atom is -0.0808 e. The average molecular weight is 238 g/mol. The summed E-state index contributed by atoms with van der Waals surface area (Å²) in [5.41, 5.74) is 1.34. The third-order valence-corrected chi connectivity index (χ3v) is 3.56. The topological polar surface area (TPSA) is 0 Å². The number of benzene rings is 2. The summed E-state index contributed by atoms with van der Waals surface area (Å²) in [5, 5.41) is 2.67. The van der Waals surface area contributed by atoms with Gasteiger partial charge in [-0.15, -0.1) is 0 Å². The Bertz CT molecular complexity index is 517. The lowest BCUT2D eigenvalue weighted by Crippen LogP contribution is -1.92. The first-order valence-electron chi connectivity index (χ1n) is 7.01. The second-order valence-electron chi connectivity index (χ2n) is 4.88. The van der Waals surface area contributed by atoms with Crippen molar-refractivity contribution in [2.75, 3.05) is 0 Å². The number of fused-ring (bicyclic) bond motifs is 1. The van der Waals surface area contributed by atoms with E-state index in [-0.39, 0.29) is 0 Å². The van der Waals surface area contributed by atoms with Crippen LogP contribution in [-0.2, 0) is 0 Å². The highest BCUT2D eigenvalue weighted by atomic mass is 14.1. The lowest BCUT2D eigenvalue weighted by molar-refractivity contribution is 0.565. The van der Waals surface area contributed by atoms with E-state index in [1.165, 1.54) is 35.6 Å². The van der Waals surface area contributed by atoms with Crippen LogP contribution >= 0.6 is 0 Å². The highest BCUT2D eigenvalue weighted by Gasteiger charge is 2.01. The van der Waals surface area contributed by atoms with E-state index < -0.39 is 0 Å². The average Bonchev–Trinajstić information content (AvgIpc) is 2.43. The molecule has 0 heterocycles. The molecule has 2 aromatic carbocycles. The Labute approximate surface area is 110 Å². The Morgan fingerprint density at radius 3 is 2.56 bits per heavy atom. The van der Waals surface area contributed by atoms with Crippen molar-refractivity contribution in [1.29, 1.82) is 0 Å². The quantitative estimate of drug-likeness (QED) is 0.628. The number of hydrogen-bond acceptors (Lipinski definition) is 0. The Kier molecular flexibility index (Phi) is 4.58. The minimum atomic E-state index is 0.717. The van der Waals surface area contributed by atoms with Gasteiger partial charge >= 0.3 is 0 Å². The van der Waals surface area contributed by atoms with Crippen LogP contribution in [0.25, 0.3) is 16.8 Å². The Morgan fingerprint density at radius 2 is 1.78 bits per heavy atom. The zero-order chi connectivity index (χ0) is 12.8. The summed E-state index contributed by atoms with van der Waals surface area (Å²) in [4.78, 5) is 0. The van der Waals surface area contributed by atoms with E-state index >= 15 is 0 Å². The molecule has 0 radical (unpaired) electrons. The van der Waals surface area contributed by atoms with Crippen LogP contribution in [-0.4, -0.2) is 0 Å². The molecule has 0 bridgehead atoms. The largest absolute Gasteiger partial charge is 0.0808 e. The Morgan fingerprint density at radius 1 is 1.00 bits per heavy atom. The van der Waals surface area contributed by atoms with Gasteiger partial charge in [0.1, 0.15) is 0 Å². The normalized spacial score (nSPS) is 13.2. The van der Waals surface area contributed by atoms with Crippen LogP contribution in [0.3, 0.4) is 0 Å². The van der Waals surface area contributed by atoms with Crippen LogP contribution in [0, 0.1) is 5.92 Å². The summed E-state index contributed by atoms with van der Waals surface area (Å²) >= 11 is 0. The van der Waals surface area contributed by atoms with Gasteiger partial charge in [0.15, 0.2) is 0 Å². The van der Waals surface area contributed by atoms with E-state index in [0.717, 1.165) is 0 Å². The molecule has 18 heavy (non-hydrogen) atoms. The van der Waals surface area contributed by atoms with Crippen molar-refractivity contribution >= 4 is 16.8 Å². The Hall–Kier alpha value is -1.56. The molecular weight excluding hydrogens is 216 g/mol. The zero-order valence-corrected chi connectivity index (χ0v) is 11.4. The molecule has 1 unspecified atom stereocenters. The summed E-state index contributed by atoms with van der Waals surface area (Å²) in [6.07, 6.45) is 8.46. The minimum absolute atomic E-state index is 0.717. The first-order chi connectivity index (χ1) is 8.85. The molecule has 0 N–H and O–H groups in total. The summed E-state index contributed by atoms with van der Waals surface area (Å²) in [6, 6.07) is 15.1. The van der Waals surface area contributed by atoms with Gasteiger partial charge in [0.25, 0.3) is 0 Å². The van der Waals surface area contributed by atoms with Crippen molar-refractivity contribution in [1.82, 2.24) is 0 Å². The predicted molar refractivity (Wildman–Crippen MR) is 81.7 cm³/mol. The highest BCUT2D eigenvalue weighted by molar-refractivity contribution is 5.90. The fourth-order valence-electron chi connectivity index (χ4n) is 2.44. The highest BCUT2D eigenvalue weighted by Crippen LogP contribution is 2.21. The number of allylic oxidation sites excluding steroid dienone is 1. The first-order valence-corrected chi connectivity index (χ1v) is 7.01. The second-order valence-corrected chi connectivity index (χ2v) is 4.88. The predicted octanol–water partition coefficient (Wildman–Crippen LogP) is 5.68. The van der Waals surface area contributed by atoms with E-state index in [1.54, 1.807) is 0 Å². The lowest BCUT2D eigenvalue weighted by Gasteiger charge is -2.08. The van der Waals surface area contributed by atoms with Crippen molar-refractivity contribution in [2.24, 2.45) is 5.92 Å². The fraction of sp³-hybridized carbons (Fsp3) is 0.333. The first kappa shape index (κ1) is 12.9. The molecule has 0 aliphatic rings. The molecule has 0 saturated heterocycles. The van der Waals surface area contributed by atoms with Gasteiger partial charge < -0.3 is 0 Å². The smallest absolute Gasteiger partial charge is 0.0112 e. The molecule has 2 aromatic rings. The van der Waals surface area contributed by atoms with Crippen LogP contribution < -0.4 is 0 Å². The number of rotatable bonds is 5. The van der Waals surface area contributed by atoms with Gasteiger partial charge in [-0.25, -0.2) is 0 Å². The van der Waals surface area contributed by atoms with Gasteiger partial charge in [-0.1, -0.05) is 74.9 Å². The van der Waals surface area contributed by atoms with Crippen LogP contribution in [0.5, 0.6) is 0 Å². The monoisotopic (exact) mass is 238 g/mol. The summed E-state index contributed by atoms with van der Waals surface area (Å²) in [6.45, 7) is 4.53. The molecule has 1 atom stereocenters. The van der Waals surface area contributed by atoms with Gasteiger partial charge in [-0.2, -0.15) is 0 Å². The molecule has 0 aromatic heterocycles. The molecule has 2 rings (SSSR count). The van der Waals surface area contributed by atoms with E-state index in [1.807, 2.05) is 0 Å². The molecule has 0 fully saturated rings. The van der Waals surface area contributed by atoms with E-state index in [0.29, 0.717) is 5.92 Å². The molecule has 0 nitrogen and oxygen atoms in total. The summed E-state index contributed by atoms with van der Waals surface area (Å²) in [5.74, 6) is 0.717. The van der Waals surface area contributed by atoms with Crippen molar-refractivity contribution in [2.45, 2.75) is 33.1 Å². The van der Waals surface area contributed by atoms with E-state index in [4.69, 9.17) is 0 Å². The van der Waals surface area contributed by atoms with Gasteiger partial charge in [0.2, 0.25) is 0 Å². The molecule has 0 saturated carbocycles. The SMILES string of the molecule is CCCC(/C=C\c1cccc2ccccc12)CC. The van der Waals surface area contributed by atoms with Crippen molar-refractivity contribution in [3.63, 3.8) is 0 Å². The van der Waals surface area contributed by atoms with E-state index in [2.05, 4.69) is 68.5 Å². The van der Waals surface area contributed by atoms with Crippen LogP contribution in [0.15, 0.2) is 48.5 Å². The van der Waals surface area contributed by atoms with Gasteiger partial charge in [-0.05, 0) is 35.1 Å². The molecule has 0 heteroatoms. The molecule has 0 aliphatic carbocycles. The third kappa shape index (κ3) is 3.01. The van der Waals surface area contributed by atoms with Crippen molar-refractivity contribution in [3.05, 3.63) is 54.1 Å². The lowest BCUT2D eigenvalue weighted by atomic mass is 9.98. The van der Waals surface area contributed by atoms with Gasteiger partial charge in [0.05, 0.1) is 0 Å². The standard InChI is InChI=1S/C18H22/c1-3-8-15(4-2)13-14-17-11-7-10-16-9-5-6-12-18(16)17/h5-7,9-15H,3-4,8H2,1-2H3/b14-13-. The second kappa shape index (κ2) is 6.39. The molecular formula is C18H22. The third-order valence-electron chi connectivity index (χ3n) is 3.56. The van der Waals surface area contributed by atoms with Crippen molar-refractivity contribution in [3.8, 4) is 0 Å². The Balaban J connectivity index is 2.28. The summed E-state index contributed by atoms with van der Waals surface area (Å²) in [7, 11) is 0. The molecule has 0 spiro atoms. The van der Waals surface area contributed by atoms with Crippen LogP contribution in [0.4, 0.5) is 0 Å². The van der Waals surface area contributed by atoms with Crippen LogP contribution in [0.1, 0.15) is 38.7 Å². The van der Waals surface area contributed by atoms with E-state index in [9.17, 15) is 0 Å². The van der Waals surface area contributed by atoms with Crippen molar-refractivity contribution < 1.29 is 0 Å². The molecule has 0 amide bonds. The fourth-order valence-corrected chi connectivity index (χ4v) is 2.44. The maximum atomic E-state index is 2.38. The molecule has 0 aliphatic heterocycles. The van der Waals surface area contributed by atoms with Gasteiger partial charge in [0, 0.05) is 0 Å². The van der Waals surface area contributed by atoms with Crippen LogP contribution in [0.2, 0.25) is 0 Å². The number of hydrogen-bond donors (Lipinski definition) is 0. The summed E-state index contributed by atoms with van der Waals surface area (Å²) < 4.78 is 0. The van der Waals surface area contributed by atoms with Gasteiger partial charge in [-0.3, -0.25) is 0 Å². The maximum absolute atomic E-state index is 2.38. The zero-order valence-electron chi connectivity index (χ0n) is 11.4. The molecule has 94 valence electrons. The maximum Gasteiger partial charge on any atom is -0.0112 e.